The first-order valence-corrected chi connectivity index (χ1v) is 20.7. The van der Waals surface area contributed by atoms with E-state index in [1.54, 1.807) is 43.7 Å². The lowest BCUT2D eigenvalue weighted by Crippen LogP contribution is -2.48. The first-order valence-electron chi connectivity index (χ1n) is 17.3. The number of aromatic nitrogens is 6. The molecular weight excluding hydrogens is 772 g/mol. The molecule has 5 aromatic rings. The van der Waals surface area contributed by atoms with Crippen molar-refractivity contribution in [3.63, 3.8) is 0 Å². The molecule has 0 unspecified atom stereocenters. The number of hydrogen-bond acceptors (Lipinski definition) is 11. The molecule has 7 rings (SSSR count). The summed E-state index contributed by atoms with van der Waals surface area (Å²) in [5.74, 6) is 1.34. The fourth-order valence-electron chi connectivity index (χ4n) is 7.48. The Morgan fingerprint density at radius 1 is 0.962 bits per heavy atom. The molecule has 3 aromatic heterocycles. The van der Waals surface area contributed by atoms with Gasteiger partial charge >= 0.3 is 6.18 Å². The van der Waals surface area contributed by atoms with Gasteiger partial charge in [-0.3, -0.25) is 19.5 Å². The van der Waals surface area contributed by atoms with Crippen molar-refractivity contribution in [3.05, 3.63) is 59.7 Å². The Morgan fingerprint density at radius 3 is 2.34 bits per heavy atom. The highest BCUT2D eigenvalue weighted by Crippen LogP contribution is 2.46. The molecular formula is C36H41BrF3N10O2P. The third kappa shape index (κ3) is 8.14. The van der Waals surface area contributed by atoms with Gasteiger partial charge in [-0.2, -0.15) is 23.3 Å². The molecule has 2 N–H and O–H groups in total. The van der Waals surface area contributed by atoms with Crippen molar-refractivity contribution in [2.75, 3.05) is 68.7 Å². The lowest BCUT2D eigenvalue weighted by molar-refractivity contribution is -0.151. The average Bonchev–Trinajstić information content (AvgIpc) is 3.55. The van der Waals surface area contributed by atoms with Crippen LogP contribution in [0.25, 0.3) is 22.2 Å². The Labute approximate surface area is 314 Å². The van der Waals surface area contributed by atoms with Crippen LogP contribution in [0, 0.1) is 5.41 Å². The standard InChI is InChI=1S/C36H41BrF3N10O2P/c1-48-21-23(19-44-48)24-17-28(30(52-2)18-29(24)50-15-9-35(10-16-50)7-13-49(14-8-35)22-36(38,39)40)46-34-43-20-25(37)33(47-34)45-27-6-5-26-31(42-12-11-41-26)32(27)53(3,4)51/h5-6,11-12,17-21H,7-10,13-16,22H2,1-4H3,(H2,43,45,46,47). The molecule has 2 fully saturated rings. The van der Waals surface area contributed by atoms with Crippen LogP contribution in [0.15, 0.2) is 59.7 Å². The van der Waals surface area contributed by atoms with E-state index in [2.05, 4.69) is 51.5 Å². The minimum absolute atomic E-state index is 0.0511. The minimum atomic E-state index is -4.17. The van der Waals surface area contributed by atoms with Crippen LogP contribution in [-0.4, -0.2) is 94.0 Å². The van der Waals surface area contributed by atoms with Crippen LogP contribution >= 0.6 is 23.1 Å². The second-order valence-corrected chi connectivity index (χ2v) is 18.2. The lowest BCUT2D eigenvalue weighted by atomic mass is 9.71. The maximum Gasteiger partial charge on any atom is 0.401 e. The Hall–Kier alpha value is -4.27. The number of methoxy groups -OCH3 is 1. The molecule has 2 saturated heterocycles. The number of hydrogen-bond donors (Lipinski definition) is 2. The van der Waals surface area contributed by atoms with E-state index in [1.807, 2.05) is 43.7 Å². The van der Waals surface area contributed by atoms with Gasteiger partial charge in [-0.1, -0.05) is 0 Å². The van der Waals surface area contributed by atoms with Gasteiger partial charge in [0, 0.05) is 67.8 Å². The summed E-state index contributed by atoms with van der Waals surface area (Å²) in [6.45, 7) is 5.06. The van der Waals surface area contributed by atoms with Crippen molar-refractivity contribution in [1.29, 1.82) is 0 Å². The van der Waals surface area contributed by atoms with Gasteiger partial charge < -0.3 is 24.8 Å². The largest absolute Gasteiger partial charge is 0.494 e. The highest BCUT2D eigenvalue weighted by molar-refractivity contribution is 9.10. The zero-order chi connectivity index (χ0) is 37.5. The van der Waals surface area contributed by atoms with Crippen LogP contribution < -0.4 is 25.6 Å². The molecule has 0 saturated carbocycles. The van der Waals surface area contributed by atoms with Crippen molar-refractivity contribution >= 4 is 68.2 Å². The molecule has 12 nitrogen and oxygen atoms in total. The number of rotatable bonds is 9. The highest BCUT2D eigenvalue weighted by Gasteiger charge is 2.40. The first kappa shape index (κ1) is 37.1. The zero-order valence-electron chi connectivity index (χ0n) is 29.9. The number of nitrogens with one attached hydrogen (secondary N) is 2. The fourth-order valence-corrected chi connectivity index (χ4v) is 9.16. The predicted octanol–water partition coefficient (Wildman–Crippen LogP) is 7.57. The van der Waals surface area contributed by atoms with Gasteiger partial charge in [-0.25, -0.2) is 4.98 Å². The molecule has 0 amide bonds. The van der Waals surface area contributed by atoms with Gasteiger partial charge in [0.05, 0.1) is 46.5 Å². The average molecular weight is 814 g/mol. The van der Waals surface area contributed by atoms with Gasteiger partial charge in [0.2, 0.25) is 5.95 Å². The number of aryl methyl sites for hydroxylation is 1. The molecule has 0 aliphatic carbocycles. The molecule has 0 atom stereocenters. The van der Waals surface area contributed by atoms with E-state index < -0.39 is 19.9 Å². The van der Waals surface area contributed by atoms with E-state index in [-0.39, 0.29) is 5.41 Å². The third-order valence-electron chi connectivity index (χ3n) is 10.2. The smallest absolute Gasteiger partial charge is 0.401 e. The van der Waals surface area contributed by atoms with Crippen molar-refractivity contribution < 1.29 is 22.5 Å². The molecule has 0 bridgehead atoms. The Morgan fingerprint density at radius 2 is 1.68 bits per heavy atom. The van der Waals surface area contributed by atoms with E-state index in [9.17, 15) is 17.7 Å². The quantitative estimate of drug-likeness (QED) is 0.143. The summed E-state index contributed by atoms with van der Waals surface area (Å²) in [7, 11) is 0.677. The zero-order valence-corrected chi connectivity index (χ0v) is 32.4. The Bertz CT molecular complexity index is 2180. The summed E-state index contributed by atoms with van der Waals surface area (Å²) in [5, 5.41) is 11.7. The van der Waals surface area contributed by atoms with E-state index >= 15 is 0 Å². The van der Waals surface area contributed by atoms with Crippen LogP contribution in [-0.2, 0) is 11.6 Å². The number of likely N-dealkylation sites (tertiary alicyclic amines) is 1. The number of anilines is 5. The number of piperidine rings is 2. The van der Waals surface area contributed by atoms with Gasteiger partial charge in [0.15, 0.2) is 0 Å². The molecule has 1 spiro atoms. The molecule has 5 heterocycles. The second kappa shape index (κ2) is 14.5. The topological polar surface area (TPSA) is 126 Å². The van der Waals surface area contributed by atoms with Crippen molar-refractivity contribution in [2.45, 2.75) is 31.9 Å². The molecule has 0 radical (unpaired) electrons. The summed E-state index contributed by atoms with van der Waals surface area (Å²) in [5.41, 5.74) is 5.36. The second-order valence-electron chi connectivity index (χ2n) is 14.2. The van der Waals surface area contributed by atoms with Crippen LogP contribution in [0.1, 0.15) is 25.7 Å². The van der Waals surface area contributed by atoms with Crippen LogP contribution in [0.2, 0.25) is 0 Å². The molecule has 2 aromatic carbocycles. The highest BCUT2D eigenvalue weighted by atomic mass is 79.9. The summed E-state index contributed by atoms with van der Waals surface area (Å²) in [6.07, 6.45) is 7.79. The normalized spacial score (nSPS) is 16.6. The van der Waals surface area contributed by atoms with Gasteiger partial charge in [0.1, 0.15) is 24.2 Å². The Kier molecular flexibility index (Phi) is 10.2. The van der Waals surface area contributed by atoms with Crippen LogP contribution in [0.4, 0.5) is 42.0 Å². The number of halogens is 4. The van der Waals surface area contributed by atoms with Crippen LogP contribution in [0.3, 0.4) is 0 Å². The van der Waals surface area contributed by atoms with Gasteiger partial charge in [0.25, 0.3) is 0 Å². The molecule has 53 heavy (non-hydrogen) atoms. The van der Waals surface area contributed by atoms with E-state index in [0.717, 1.165) is 55.6 Å². The lowest BCUT2D eigenvalue weighted by Gasteiger charge is -2.47. The third-order valence-corrected chi connectivity index (χ3v) is 12.3. The summed E-state index contributed by atoms with van der Waals surface area (Å²) in [6, 6.07) is 7.67. The van der Waals surface area contributed by atoms with Crippen LogP contribution in [0.5, 0.6) is 5.75 Å². The van der Waals surface area contributed by atoms with E-state index in [0.29, 0.717) is 62.8 Å². The number of nitrogens with zero attached hydrogens (tertiary/aromatic N) is 8. The van der Waals surface area contributed by atoms with Crippen molar-refractivity contribution in [2.24, 2.45) is 12.5 Å². The SMILES string of the molecule is COc1cc(N2CCC3(CCN(CC(F)(F)F)CC3)CC2)c(-c2cnn(C)c2)cc1Nc1ncc(Br)c(Nc2ccc3nccnc3c2P(C)(C)=O)n1. The predicted molar refractivity (Wildman–Crippen MR) is 206 cm³/mol. The van der Waals surface area contributed by atoms with Crippen molar-refractivity contribution in [1.82, 2.24) is 34.6 Å². The molecule has 17 heteroatoms. The number of fused-ring (bicyclic) bond motifs is 1. The summed E-state index contributed by atoms with van der Waals surface area (Å²) < 4.78 is 60.8. The maximum absolute atomic E-state index is 13.5. The first-order chi connectivity index (χ1) is 25.2. The monoisotopic (exact) mass is 812 g/mol. The number of ether oxygens (including phenoxy) is 1. The molecule has 2 aliphatic rings. The summed E-state index contributed by atoms with van der Waals surface area (Å²) in [4.78, 5) is 22.1. The van der Waals surface area contributed by atoms with E-state index in [1.165, 1.54) is 4.90 Å². The maximum atomic E-state index is 13.5. The minimum Gasteiger partial charge on any atom is -0.494 e. The summed E-state index contributed by atoms with van der Waals surface area (Å²) >= 11 is 3.57. The van der Waals surface area contributed by atoms with Crippen molar-refractivity contribution in [3.8, 4) is 16.9 Å². The van der Waals surface area contributed by atoms with E-state index in [4.69, 9.17) is 9.72 Å². The number of alkyl halides is 3. The molecule has 2 aliphatic heterocycles. The Balaban J connectivity index is 1.16. The van der Waals surface area contributed by atoms with Gasteiger partial charge in [-0.05, 0) is 91.6 Å². The fraction of sp³-hybridized carbons (Fsp3) is 0.417. The molecule has 280 valence electrons. The van der Waals surface area contributed by atoms with Gasteiger partial charge in [-0.15, -0.1) is 0 Å². The number of benzene rings is 2.